The molecule has 0 saturated carbocycles. The fourth-order valence-corrected chi connectivity index (χ4v) is 4.22. The third kappa shape index (κ3) is 4.37. The van der Waals surface area contributed by atoms with Crippen LogP contribution >= 0.6 is 11.8 Å². The van der Waals surface area contributed by atoms with Crippen LogP contribution in [-0.4, -0.2) is 56.3 Å². The second-order valence-electron chi connectivity index (χ2n) is 6.01. The van der Waals surface area contributed by atoms with Crippen LogP contribution in [-0.2, 0) is 28.6 Å². The van der Waals surface area contributed by atoms with Crippen LogP contribution < -0.4 is 5.32 Å². The highest BCUT2D eigenvalue weighted by Gasteiger charge is 2.53. The van der Waals surface area contributed by atoms with Crippen molar-refractivity contribution in [2.24, 2.45) is 5.92 Å². The number of carbonyl (C=O) groups excluding carboxylic acids is 3. The van der Waals surface area contributed by atoms with Gasteiger partial charge in [-0.25, -0.2) is 0 Å². The van der Waals surface area contributed by atoms with Crippen molar-refractivity contribution >= 4 is 29.7 Å². The number of ether oxygens (including phenoxy) is 3. The third-order valence-electron chi connectivity index (χ3n) is 4.44. The van der Waals surface area contributed by atoms with Gasteiger partial charge in [-0.3, -0.25) is 19.7 Å². The number of hydrogen-bond donors (Lipinski definition) is 1. The van der Waals surface area contributed by atoms with Crippen molar-refractivity contribution in [3.05, 3.63) is 35.9 Å². The van der Waals surface area contributed by atoms with E-state index < -0.39 is 23.4 Å². The zero-order valence-corrected chi connectivity index (χ0v) is 15.8. The monoisotopic (exact) mass is 381 g/mol. The maximum Gasteiger partial charge on any atom is 0.326 e. The van der Waals surface area contributed by atoms with Gasteiger partial charge >= 0.3 is 17.9 Å². The minimum atomic E-state index is -1.09. The first kappa shape index (κ1) is 20.3. The highest BCUT2D eigenvalue weighted by Crippen LogP contribution is 2.41. The van der Waals surface area contributed by atoms with Crippen molar-refractivity contribution in [1.82, 2.24) is 5.32 Å². The molecule has 26 heavy (non-hydrogen) atoms. The van der Waals surface area contributed by atoms with Crippen molar-refractivity contribution in [2.75, 3.05) is 32.8 Å². The van der Waals surface area contributed by atoms with Gasteiger partial charge in [0.2, 0.25) is 0 Å². The summed E-state index contributed by atoms with van der Waals surface area (Å²) < 4.78 is 14.6. The van der Waals surface area contributed by atoms with E-state index >= 15 is 0 Å². The molecule has 0 spiro atoms. The smallest absolute Gasteiger partial charge is 0.326 e. The lowest BCUT2D eigenvalue weighted by Gasteiger charge is -2.27. The highest BCUT2D eigenvalue weighted by molar-refractivity contribution is 8.00. The van der Waals surface area contributed by atoms with Crippen molar-refractivity contribution in [1.29, 1.82) is 0 Å². The van der Waals surface area contributed by atoms with E-state index in [4.69, 9.17) is 9.47 Å². The Morgan fingerprint density at radius 1 is 1.12 bits per heavy atom. The second kappa shape index (κ2) is 9.05. The molecular formula is C18H23NO6S. The van der Waals surface area contributed by atoms with Crippen molar-refractivity contribution in [3.8, 4) is 0 Å². The van der Waals surface area contributed by atoms with Gasteiger partial charge in [0.05, 0.1) is 33.0 Å². The molecule has 2 rings (SSSR count). The van der Waals surface area contributed by atoms with Gasteiger partial charge in [0.15, 0.2) is 0 Å². The van der Waals surface area contributed by atoms with Crippen LogP contribution in [0.3, 0.4) is 0 Å². The maximum absolute atomic E-state index is 12.5. The second-order valence-corrected chi connectivity index (χ2v) is 6.99. The Labute approximate surface area is 156 Å². The number of esters is 3. The molecule has 3 unspecified atom stereocenters. The number of thioether (sulfide) groups is 1. The maximum atomic E-state index is 12.5. The number of methoxy groups -OCH3 is 3. The Kier molecular flexibility index (Phi) is 7.05. The van der Waals surface area contributed by atoms with Gasteiger partial charge < -0.3 is 14.2 Å². The molecule has 1 saturated heterocycles. The normalized spacial score (nSPS) is 24.7. The Morgan fingerprint density at radius 3 is 2.38 bits per heavy atom. The Balaban J connectivity index is 2.29. The first-order valence-corrected chi connectivity index (χ1v) is 9.26. The van der Waals surface area contributed by atoms with Crippen molar-refractivity contribution < 1.29 is 28.6 Å². The van der Waals surface area contributed by atoms with Crippen LogP contribution in [0, 0.1) is 5.92 Å². The van der Waals surface area contributed by atoms with Crippen LogP contribution in [0.5, 0.6) is 0 Å². The molecule has 1 heterocycles. The Bertz CT molecular complexity index is 652. The van der Waals surface area contributed by atoms with Crippen LogP contribution in [0.15, 0.2) is 30.3 Å². The van der Waals surface area contributed by atoms with E-state index in [2.05, 4.69) is 10.1 Å². The van der Waals surface area contributed by atoms with E-state index in [0.717, 1.165) is 5.56 Å². The minimum absolute atomic E-state index is 0.107. The van der Waals surface area contributed by atoms with Gasteiger partial charge in [0.25, 0.3) is 0 Å². The van der Waals surface area contributed by atoms with Gasteiger partial charge in [-0.15, -0.1) is 11.8 Å². The van der Waals surface area contributed by atoms with Crippen LogP contribution in [0.4, 0.5) is 0 Å². The summed E-state index contributed by atoms with van der Waals surface area (Å²) in [7, 11) is 3.94. The van der Waals surface area contributed by atoms with E-state index in [9.17, 15) is 14.4 Å². The molecule has 1 aliphatic heterocycles. The highest BCUT2D eigenvalue weighted by atomic mass is 32.2. The molecule has 7 nitrogen and oxygen atoms in total. The van der Waals surface area contributed by atoms with Crippen LogP contribution in [0.2, 0.25) is 0 Å². The molecule has 1 fully saturated rings. The lowest BCUT2D eigenvalue weighted by atomic mass is 9.90. The Morgan fingerprint density at radius 2 is 1.81 bits per heavy atom. The summed E-state index contributed by atoms with van der Waals surface area (Å²) in [6.07, 6.45) is 0.222. The summed E-state index contributed by atoms with van der Waals surface area (Å²) in [6, 6.07) is 9.02. The van der Waals surface area contributed by atoms with E-state index in [1.54, 1.807) is 0 Å². The molecule has 0 bridgehead atoms. The number of carbonyl (C=O) groups is 3. The standard InChI is InChI=1S/C18H23NO6S/c1-23-14(20)10-26-11-18(17(22)25-3)9-13(16(21)24-2)15(19-18)12-7-5-4-6-8-12/h4-8,13,15,19H,9-11H2,1-3H3. The van der Waals surface area contributed by atoms with Crippen LogP contribution in [0.25, 0.3) is 0 Å². The number of hydrogen-bond acceptors (Lipinski definition) is 8. The summed E-state index contributed by atoms with van der Waals surface area (Å²) >= 11 is 1.25. The van der Waals surface area contributed by atoms with E-state index in [0.29, 0.717) is 0 Å². The molecule has 0 amide bonds. The quantitative estimate of drug-likeness (QED) is 0.559. The molecule has 0 radical (unpaired) electrons. The summed E-state index contributed by atoms with van der Waals surface area (Å²) in [5.41, 5.74) is -0.209. The average Bonchev–Trinajstić information content (AvgIpc) is 3.08. The van der Waals surface area contributed by atoms with E-state index in [1.807, 2.05) is 30.3 Å². The molecule has 0 aromatic heterocycles. The Hall–Kier alpha value is -2.06. The zero-order chi connectivity index (χ0) is 19.2. The first-order valence-electron chi connectivity index (χ1n) is 8.11. The summed E-state index contributed by atoms with van der Waals surface area (Å²) in [4.78, 5) is 36.3. The van der Waals surface area contributed by atoms with Gasteiger partial charge in [-0.1, -0.05) is 30.3 Å². The third-order valence-corrected chi connectivity index (χ3v) is 5.57. The first-order chi connectivity index (χ1) is 12.5. The van der Waals surface area contributed by atoms with Gasteiger partial charge in [-0.2, -0.15) is 0 Å². The minimum Gasteiger partial charge on any atom is -0.469 e. The molecule has 8 heteroatoms. The van der Waals surface area contributed by atoms with Crippen LogP contribution in [0.1, 0.15) is 18.0 Å². The molecule has 1 N–H and O–H groups in total. The summed E-state index contributed by atoms with van der Waals surface area (Å²) in [6.45, 7) is 0. The fourth-order valence-electron chi connectivity index (χ4n) is 3.16. The van der Waals surface area contributed by atoms with Crippen molar-refractivity contribution in [3.63, 3.8) is 0 Å². The predicted molar refractivity (Wildman–Crippen MR) is 96.5 cm³/mol. The van der Waals surface area contributed by atoms with E-state index in [-0.39, 0.29) is 29.9 Å². The average molecular weight is 381 g/mol. The molecule has 3 atom stereocenters. The lowest BCUT2D eigenvalue weighted by molar-refractivity contribution is -0.148. The number of benzene rings is 1. The molecule has 1 aliphatic rings. The number of rotatable bonds is 7. The van der Waals surface area contributed by atoms with Gasteiger partial charge in [-0.05, 0) is 12.0 Å². The largest absolute Gasteiger partial charge is 0.469 e. The molecule has 142 valence electrons. The summed E-state index contributed by atoms with van der Waals surface area (Å²) in [5, 5.41) is 3.28. The molecule has 1 aromatic carbocycles. The molecule has 0 aliphatic carbocycles. The molecular weight excluding hydrogens is 358 g/mol. The zero-order valence-electron chi connectivity index (χ0n) is 15.0. The van der Waals surface area contributed by atoms with Gasteiger partial charge in [0, 0.05) is 11.8 Å². The number of nitrogens with one attached hydrogen (secondary N) is 1. The van der Waals surface area contributed by atoms with Crippen molar-refractivity contribution in [2.45, 2.75) is 18.0 Å². The van der Waals surface area contributed by atoms with E-state index in [1.165, 1.54) is 33.1 Å². The summed E-state index contributed by atoms with van der Waals surface area (Å²) in [5.74, 6) is -1.41. The SMILES string of the molecule is COC(=O)CSCC1(C(=O)OC)CC(C(=O)OC)C(c2ccccc2)N1. The topological polar surface area (TPSA) is 90.9 Å². The molecule has 1 aromatic rings. The fraction of sp³-hybridized carbons (Fsp3) is 0.500. The lowest BCUT2D eigenvalue weighted by Crippen LogP contribution is -2.51. The predicted octanol–water partition coefficient (Wildman–Crippen LogP) is 1.33. The van der Waals surface area contributed by atoms with Gasteiger partial charge in [0.1, 0.15) is 5.54 Å².